The smallest absolute Gasteiger partial charge is 0.338 e. The van der Waals surface area contributed by atoms with Crippen molar-refractivity contribution in [3.63, 3.8) is 0 Å². The van der Waals surface area contributed by atoms with E-state index in [1.54, 1.807) is 12.1 Å². The molecular formula is C42H50O6S3. The highest BCUT2D eigenvalue weighted by Crippen LogP contribution is 2.49. The summed E-state index contributed by atoms with van der Waals surface area (Å²) in [5.41, 5.74) is 2.87. The number of carbonyl (C=O) groups is 2. The summed E-state index contributed by atoms with van der Waals surface area (Å²) < 4.78 is 0. The molecule has 0 aliphatic heterocycles. The average molecular weight is 747 g/mol. The van der Waals surface area contributed by atoms with Crippen LogP contribution in [0.15, 0.2) is 90.0 Å². The number of phenolic OH excluding ortho intramolecular Hbond substituents is 2. The van der Waals surface area contributed by atoms with Crippen LogP contribution in [0.1, 0.15) is 126 Å². The van der Waals surface area contributed by atoms with Gasteiger partial charge in [0.25, 0.3) is 0 Å². The molecule has 0 aliphatic rings. The molecule has 0 saturated carbocycles. The molecule has 0 bridgehead atoms. The number of hydrogen-bond acceptors (Lipinski definition) is 7. The number of aromatic hydroxyl groups is 2. The quantitative estimate of drug-likeness (QED) is 0.140. The van der Waals surface area contributed by atoms with Crippen molar-refractivity contribution >= 4 is 47.2 Å². The van der Waals surface area contributed by atoms with E-state index in [-0.39, 0.29) is 44.3 Å². The minimum atomic E-state index is -1.13. The number of phenols is 2. The average Bonchev–Trinajstić information content (AvgIpc) is 2.97. The first-order valence-corrected chi connectivity index (χ1v) is 19.3. The Morgan fingerprint density at radius 1 is 0.451 bits per heavy atom. The lowest BCUT2D eigenvalue weighted by molar-refractivity contribution is 0.0680. The summed E-state index contributed by atoms with van der Waals surface area (Å²) in [5, 5.41) is 43.6. The largest absolute Gasteiger partial charge is 0.507 e. The Morgan fingerprint density at radius 3 is 1.22 bits per heavy atom. The van der Waals surface area contributed by atoms with Gasteiger partial charge in [-0.15, -0.1) is 0 Å². The fraction of sp³-hybridized carbons (Fsp3) is 0.381. The van der Waals surface area contributed by atoms with Crippen molar-refractivity contribution in [1.29, 1.82) is 0 Å². The highest BCUT2D eigenvalue weighted by Gasteiger charge is 2.28. The molecule has 0 atom stereocenters. The normalized spacial score (nSPS) is 12.6. The fourth-order valence-electron chi connectivity index (χ4n) is 5.23. The fourth-order valence-corrected chi connectivity index (χ4v) is 8.64. The van der Waals surface area contributed by atoms with E-state index in [1.165, 1.54) is 35.3 Å². The Kier molecular flexibility index (Phi) is 11.4. The molecule has 0 spiro atoms. The molecular weight excluding hydrogens is 697 g/mol. The van der Waals surface area contributed by atoms with Crippen LogP contribution in [0.4, 0.5) is 0 Å². The third kappa shape index (κ3) is 9.48. The van der Waals surface area contributed by atoms with Gasteiger partial charge in [-0.1, -0.05) is 131 Å². The van der Waals surface area contributed by atoms with E-state index in [0.29, 0.717) is 29.4 Å². The lowest BCUT2D eigenvalue weighted by Crippen LogP contribution is -2.14. The Bertz CT molecular complexity index is 1990. The lowest BCUT2D eigenvalue weighted by atomic mass is 9.86. The molecule has 9 heteroatoms. The van der Waals surface area contributed by atoms with Crippen molar-refractivity contribution in [2.45, 2.75) is 134 Å². The first kappa shape index (κ1) is 40.2. The Hall–Kier alpha value is -3.53. The minimum Gasteiger partial charge on any atom is -0.507 e. The van der Waals surface area contributed by atoms with Crippen LogP contribution in [0, 0.1) is 0 Å². The van der Waals surface area contributed by atoms with Gasteiger partial charge in [-0.2, -0.15) is 0 Å². The number of carboxylic acid groups (broad SMARTS) is 2. The van der Waals surface area contributed by atoms with E-state index in [2.05, 4.69) is 83.1 Å². The number of hydrogen-bond donors (Lipinski definition) is 4. The Balaban J connectivity index is 1.95. The minimum absolute atomic E-state index is 0.0577. The standard InChI is InChI=1S/C42H50O6S3/c1-39(2,3)23-13-15-27(37(45)46)29(17-23)49-33-21-26(42(10,11)12)22-34(36(33)44)51-32-20-25(41(7,8)9)19-31(35(32)38(47)48)50-30-18-24(40(4,5)6)14-16-28(30)43/h13-22,43-44H,1-12H3,(H,45,46)(H,47,48). The van der Waals surface area contributed by atoms with Crippen molar-refractivity contribution in [3.05, 3.63) is 94.0 Å². The van der Waals surface area contributed by atoms with Crippen LogP contribution in [-0.4, -0.2) is 32.4 Å². The van der Waals surface area contributed by atoms with Crippen molar-refractivity contribution in [3.8, 4) is 11.5 Å². The molecule has 0 aliphatic carbocycles. The third-order valence-electron chi connectivity index (χ3n) is 8.62. The molecule has 0 heterocycles. The van der Waals surface area contributed by atoms with E-state index in [9.17, 15) is 30.0 Å². The molecule has 0 saturated heterocycles. The van der Waals surface area contributed by atoms with Gasteiger partial charge in [0.2, 0.25) is 0 Å². The highest BCUT2D eigenvalue weighted by atomic mass is 32.2. The van der Waals surface area contributed by atoms with Crippen molar-refractivity contribution in [1.82, 2.24) is 0 Å². The zero-order chi connectivity index (χ0) is 38.4. The second kappa shape index (κ2) is 14.5. The monoisotopic (exact) mass is 746 g/mol. The van der Waals surface area contributed by atoms with Gasteiger partial charge in [0.1, 0.15) is 11.5 Å². The zero-order valence-corrected chi connectivity index (χ0v) is 34.1. The number of rotatable bonds is 8. The van der Waals surface area contributed by atoms with Gasteiger partial charge >= 0.3 is 11.9 Å². The summed E-state index contributed by atoms with van der Waals surface area (Å²) in [6.45, 7) is 24.8. The van der Waals surface area contributed by atoms with Gasteiger partial charge < -0.3 is 20.4 Å². The van der Waals surface area contributed by atoms with E-state index < -0.39 is 11.9 Å². The Labute approximate surface area is 315 Å². The topological polar surface area (TPSA) is 115 Å². The maximum absolute atomic E-state index is 13.1. The van der Waals surface area contributed by atoms with Gasteiger partial charge in [0.15, 0.2) is 0 Å². The van der Waals surface area contributed by atoms with E-state index in [1.807, 2.05) is 48.5 Å². The van der Waals surface area contributed by atoms with E-state index in [4.69, 9.17) is 0 Å². The summed E-state index contributed by atoms with van der Waals surface area (Å²) >= 11 is 3.57. The number of carboxylic acids is 2. The molecule has 4 N–H and O–H groups in total. The van der Waals surface area contributed by atoms with Crippen LogP contribution >= 0.6 is 35.3 Å². The van der Waals surface area contributed by atoms with Gasteiger partial charge in [-0.25, -0.2) is 9.59 Å². The van der Waals surface area contributed by atoms with Crippen molar-refractivity contribution < 1.29 is 30.0 Å². The molecule has 4 aromatic rings. The van der Waals surface area contributed by atoms with Gasteiger partial charge in [-0.05, 0) is 92.4 Å². The van der Waals surface area contributed by atoms with Crippen molar-refractivity contribution in [2.24, 2.45) is 0 Å². The lowest BCUT2D eigenvalue weighted by Gasteiger charge is -2.25. The van der Waals surface area contributed by atoms with Gasteiger partial charge in [0, 0.05) is 14.7 Å². The molecule has 0 unspecified atom stereocenters. The molecule has 272 valence electrons. The summed E-state index contributed by atoms with van der Waals surface area (Å²) in [6, 6.07) is 18.3. The molecule has 51 heavy (non-hydrogen) atoms. The van der Waals surface area contributed by atoms with Crippen LogP contribution < -0.4 is 0 Å². The van der Waals surface area contributed by atoms with E-state index in [0.717, 1.165) is 22.3 Å². The van der Waals surface area contributed by atoms with Crippen LogP contribution in [0.3, 0.4) is 0 Å². The summed E-state index contributed by atoms with van der Waals surface area (Å²) in [4.78, 5) is 28.3. The summed E-state index contributed by atoms with van der Waals surface area (Å²) in [6.07, 6.45) is 0. The number of aromatic carboxylic acids is 2. The van der Waals surface area contributed by atoms with Gasteiger partial charge in [0.05, 0.1) is 25.8 Å². The van der Waals surface area contributed by atoms with Crippen LogP contribution in [-0.2, 0) is 21.7 Å². The van der Waals surface area contributed by atoms with Crippen LogP contribution in [0.5, 0.6) is 11.5 Å². The zero-order valence-electron chi connectivity index (χ0n) is 31.6. The predicted molar refractivity (Wildman–Crippen MR) is 210 cm³/mol. The maximum atomic E-state index is 13.1. The molecule has 0 aromatic heterocycles. The van der Waals surface area contributed by atoms with Gasteiger partial charge in [-0.3, -0.25) is 0 Å². The molecule has 0 amide bonds. The van der Waals surface area contributed by atoms with E-state index >= 15 is 0 Å². The second-order valence-corrected chi connectivity index (χ2v) is 20.2. The summed E-state index contributed by atoms with van der Waals surface area (Å²) in [7, 11) is 0. The highest BCUT2D eigenvalue weighted by molar-refractivity contribution is 8.01. The SMILES string of the molecule is CC(C)(C)c1ccc(O)c(Sc2cc(C(C)(C)C)cc(Sc3cc(C(C)(C)C)cc(Sc4cc(C(C)(C)C)ccc4C(=O)O)c3O)c2C(=O)O)c1. The molecule has 4 aromatic carbocycles. The summed E-state index contributed by atoms with van der Waals surface area (Å²) in [5.74, 6) is -2.18. The first-order valence-electron chi connectivity index (χ1n) is 16.8. The molecule has 6 nitrogen and oxygen atoms in total. The number of benzene rings is 4. The first-order chi connectivity index (χ1) is 23.3. The third-order valence-corrected chi connectivity index (χ3v) is 11.9. The van der Waals surface area contributed by atoms with Crippen LogP contribution in [0.25, 0.3) is 0 Å². The predicted octanol–water partition coefficient (Wildman–Crippen LogP) is 12.1. The van der Waals surface area contributed by atoms with Crippen LogP contribution in [0.2, 0.25) is 0 Å². The maximum Gasteiger partial charge on any atom is 0.338 e. The second-order valence-electron chi connectivity index (χ2n) is 17.0. The Morgan fingerprint density at radius 2 is 0.804 bits per heavy atom. The molecule has 0 radical (unpaired) electrons. The van der Waals surface area contributed by atoms with Crippen molar-refractivity contribution in [2.75, 3.05) is 0 Å². The molecule has 0 fully saturated rings. The molecule has 4 rings (SSSR count).